The second-order valence-electron chi connectivity index (χ2n) is 7.70. The molecule has 2 aliphatic rings. The van der Waals surface area contributed by atoms with E-state index in [9.17, 15) is 4.79 Å². The topological polar surface area (TPSA) is 49.2 Å². The van der Waals surface area contributed by atoms with E-state index in [1.54, 1.807) is 11.0 Å². The monoisotopic (exact) mass is 383 g/mol. The minimum Gasteiger partial charge on any atom is -0.455 e. The van der Waals surface area contributed by atoms with Gasteiger partial charge in [-0.05, 0) is 49.2 Å². The molecule has 2 saturated heterocycles. The van der Waals surface area contributed by atoms with Crippen molar-refractivity contribution >= 4 is 11.6 Å². The molecule has 150 valence electrons. The highest BCUT2D eigenvalue weighted by molar-refractivity contribution is 5.91. The molecule has 1 aromatic heterocycles. The summed E-state index contributed by atoms with van der Waals surface area (Å²) in [5.41, 5.74) is 3.98. The number of carbonyl (C=O) groups excluding carboxylic acids is 1. The zero-order valence-corrected chi connectivity index (χ0v) is 16.8. The molecular weight excluding hydrogens is 354 g/mol. The number of hydrogen-bond donors (Lipinski definition) is 0. The fraction of sp³-hybridized carbons (Fsp3) is 0.500. The number of anilines is 1. The van der Waals surface area contributed by atoms with Gasteiger partial charge in [0, 0.05) is 45.0 Å². The van der Waals surface area contributed by atoms with Crippen LogP contribution in [0.3, 0.4) is 0 Å². The molecule has 0 aliphatic carbocycles. The summed E-state index contributed by atoms with van der Waals surface area (Å²) in [6.45, 7) is 11.5. The minimum atomic E-state index is -0.0332. The fourth-order valence-electron chi connectivity index (χ4n) is 3.81. The summed E-state index contributed by atoms with van der Waals surface area (Å²) >= 11 is 0. The van der Waals surface area contributed by atoms with Gasteiger partial charge in [-0.15, -0.1) is 0 Å². The average Bonchev–Trinajstić information content (AvgIpc) is 3.19. The van der Waals surface area contributed by atoms with Gasteiger partial charge in [0.15, 0.2) is 5.76 Å². The number of rotatable bonds is 4. The first-order valence-electron chi connectivity index (χ1n) is 10.1. The number of nitrogens with zero attached hydrogens (tertiary/aromatic N) is 3. The summed E-state index contributed by atoms with van der Waals surface area (Å²) in [7, 11) is 0. The van der Waals surface area contributed by atoms with E-state index in [1.807, 2.05) is 6.07 Å². The van der Waals surface area contributed by atoms with E-state index in [0.29, 0.717) is 32.1 Å². The number of morpholine rings is 1. The smallest absolute Gasteiger partial charge is 0.289 e. The van der Waals surface area contributed by atoms with Crippen molar-refractivity contribution in [1.82, 2.24) is 9.80 Å². The average molecular weight is 383 g/mol. The molecule has 28 heavy (non-hydrogen) atoms. The molecule has 0 spiro atoms. The van der Waals surface area contributed by atoms with Crippen molar-refractivity contribution in [3.63, 3.8) is 0 Å². The number of furan rings is 1. The number of aryl methyl sites for hydroxylation is 2. The zero-order chi connectivity index (χ0) is 19.5. The van der Waals surface area contributed by atoms with Crippen molar-refractivity contribution in [2.75, 3.05) is 57.4 Å². The van der Waals surface area contributed by atoms with Crippen LogP contribution in [0.2, 0.25) is 0 Å². The third-order valence-corrected chi connectivity index (χ3v) is 5.78. The van der Waals surface area contributed by atoms with Crippen LogP contribution < -0.4 is 4.90 Å². The lowest BCUT2D eigenvalue weighted by Gasteiger charge is -2.36. The van der Waals surface area contributed by atoms with Crippen molar-refractivity contribution in [1.29, 1.82) is 0 Å². The highest BCUT2D eigenvalue weighted by atomic mass is 16.5. The molecule has 0 saturated carbocycles. The van der Waals surface area contributed by atoms with Gasteiger partial charge < -0.3 is 19.0 Å². The summed E-state index contributed by atoms with van der Waals surface area (Å²) in [5, 5.41) is 0. The molecule has 3 heterocycles. The maximum absolute atomic E-state index is 12.5. The van der Waals surface area contributed by atoms with E-state index >= 15 is 0 Å². The Hall–Kier alpha value is -2.31. The Morgan fingerprint density at radius 3 is 2.39 bits per heavy atom. The summed E-state index contributed by atoms with van der Waals surface area (Å²) in [5.74, 6) is 1.26. The van der Waals surface area contributed by atoms with Crippen molar-refractivity contribution < 1.29 is 13.9 Å². The second kappa shape index (κ2) is 8.37. The number of ether oxygens (including phenoxy) is 1. The molecule has 0 unspecified atom stereocenters. The molecule has 1 amide bonds. The predicted octanol–water partition coefficient (Wildman–Crippen LogP) is 2.69. The van der Waals surface area contributed by atoms with Crippen molar-refractivity contribution in [2.45, 2.75) is 20.4 Å². The van der Waals surface area contributed by atoms with E-state index in [4.69, 9.17) is 9.15 Å². The van der Waals surface area contributed by atoms with Gasteiger partial charge in [-0.2, -0.15) is 0 Å². The van der Waals surface area contributed by atoms with Gasteiger partial charge in [0.2, 0.25) is 0 Å². The Morgan fingerprint density at radius 1 is 0.929 bits per heavy atom. The molecular formula is C22H29N3O3. The van der Waals surface area contributed by atoms with E-state index in [2.05, 4.69) is 41.8 Å². The highest BCUT2D eigenvalue weighted by Gasteiger charge is 2.23. The highest BCUT2D eigenvalue weighted by Crippen LogP contribution is 2.21. The lowest BCUT2D eigenvalue weighted by Crippen LogP contribution is -2.45. The Balaban J connectivity index is 1.31. The van der Waals surface area contributed by atoms with Crippen LogP contribution in [0.4, 0.5) is 5.69 Å². The normalized spacial score (nSPS) is 18.5. The van der Waals surface area contributed by atoms with E-state index in [-0.39, 0.29) is 5.91 Å². The molecule has 2 aliphatic heterocycles. The summed E-state index contributed by atoms with van der Waals surface area (Å²) in [6.07, 6.45) is 0. The Bertz CT molecular complexity index is 818. The lowest BCUT2D eigenvalue weighted by atomic mass is 10.1. The minimum absolute atomic E-state index is 0.0332. The van der Waals surface area contributed by atoms with Gasteiger partial charge in [0.05, 0.1) is 19.8 Å². The summed E-state index contributed by atoms with van der Waals surface area (Å²) in [4.78, 5) is 19.1. The van der Waals surface area contributed by atoms with Crippen LogP contribution in [0.5, 0.6) is 0 Å². The number of benzene rings is 1. The zero-order valence-electron chi connectivity index (χ0n) is 16.8. The van der Waals surface area contributed by atoms with Gasteiger partial charge in [0.25, 0.3) is 5.91 Å². The van der Waals surface area contributed by atoms with Crippen molar-refractivity contribution in [3.8, 4) is 0 Å². The predicted molar refractivity (Wildman–Crippen MR) is 109 cm³/mol. The molecule has 6 nitrogen and oxygen atoms in total. The quantitative estimate of drug-likeness (QED) is 0.813. The molecule has 2 aromatic rings. The summed E-state index contributed by atoms with van der Waals surface area (Å²) < 4.78 is 11.2. The first-order valence-corrected chi connectivity index (χ1v) is 10.1. The van der Waals surface area contributed by atoms with Crippen LogP contribution in [-0.2, 0) is 11.3 Å². The molecule has 0 radical (unpaired) electrons. The maximum atomic E-state index is 12.5. The Labute approximate surface area is 166 Å². The third-order valence-electron chi connectivity index (χ3n) is 5.78. The summed E-state index contributed by atoms with van der Waals surface area (Å²) in [6, 6.07) is 10.4. The van der Waals surface area contributed by atoms with Crippen LogP contribution >= 0.6 is 0 Å². The molecule has 1 aromatic carbocycles. The standard InChI is InChI=1S/C22H29N3O3/c1-17-3-4-19(15-18(17)2)24-9-7-23(8-10-24)16-20-5-6-21(28-20)22(26)25-11-13-27-14-12-25/h3-6,15H,7-14,16H2,1-2H3. The van der Waals surface area contributed by atoms with Crippen molar-refractivity contribution in [2.24, 2.45) is 0 Å². The third kappa shape index (κ3) is 4.23. The van der Waals surface area contributed by atoms with Crippen LogP contribution in [0.1, 0.15) is 27.4 Å². The van der Waals surface area contributed by atoms with Crippen molar-refractivity contribution in [3.05, 3.63) is 53.0 Å². The molecule has 0 atom stereocenters. The molecule has 0 bridgehead atoms. The Morgan fingerprint density at radius 2 is 1.68 bits per heavy atom. The SMILES string of the molecule is Cc1ccc(N2CCN(Cc3ccc(C(=O)N4CCOCC4)o3)CC2)cc1C. The van der Waals surface area contributed by atoms with Gasteiger partial charge in [-0.3, -0.25) is 9.69 Å². The number of carbonyl (C=O) groups is 1. The Kier molecular flexibility index (Phi) is 5.69. The first kappa shape index (κ1) is 19.0. The number of hydrogen-bond acceptors (Lipinski definition) is 5. The van der Waals surface area contributed by atoms with Crippen LogP contribution in [0, 0.1) is 13.8 Å². The van der Waals surface area contributed by atoms with Gasteiger partial charge in [0.1, 0.15) is 5.76 Å². The van der Waals surface area contributed by atoms with E-state index < -0.39 is 0 Å². The maximum Gasteiger partial charge on any atom is 0.289 e. The van der Waals surface area contributed by atoms with Crippen LogP contribution in [0.15, 0.2) is 34.7 Å². The molecule has 2 fully saturated rings. The van der Waals surface area contributed by atoms with E-state index in [1.165, 1.54) is 16.8 Å². The van der Waals surface area contributed by atoms with Gasteiger partial charge >= 0.3 is 0 Å². The van der Waals surface area contributed by atoms with Gasteiger partial charge in [-0.25, -0.2) is 0 Å². The number of piperazine rings is 1. The number of amides is 1. The fourth-order valence-corrected chi connectivity index (χ4v) is 3.81. The lowest BCUT2D eigenvalue weighted by molar-refractivity contribution is 0.0281. The first-order chi connectivity index (χ1) is 13.6. The second-order valence-corrected chi connectivity index (χ2v) is 7.70. The van der Waals surface area contributed by atoms with Crippen LogP contribution in [0.25, 0.3) is 0 Å². The van der Waals surface area contributed by atoms with Crippen LogP contribution in [-0.4, -0.2) is 68.2 Å². The van der Waals surface area contributed by atoms with E-state index in [0.717, 1.165) is 38.5 Å². The largest absolute Gasteiger partial charge is 0.455 e. The van der Waals surface area contributed by atoms with Gasteiger partial charge in [-0.1, -0.05) is 6.07 Å². The molecule has 0 N–H and O–H groups in total. The molecule has 4 rings (SSSR count). The molecule has 6 heteroatoms.